The molecule has 1 N–H and O–H groups in total. The fraction of sp³-hybridized carbons (Fsp3) is 0.370. The Morgan fingerprint density at radius 2 is 1.74 bits per heavy atom. The SMILES string of the molecule is CN(Cc1ccccc1)c1ccc(CN2CCC(O)(Cn3cnc4c(cnn4C)c3=O)CC2)cc1. The molecule has 182 valence electrons. The van der Waals surface area contributed by atoms with Crippen molar-refractivity contribution in [2.45, 2.75) is 38.1 Å². The van der Waals surface area contributed by atoms with E-state index in [1.165, 1.54) is 27.7 Å². The van der Waals surface area contributed by atoms with Crippen molar-refractivity contribution in [2.24, 2.45) is 7.05 Å². The molecule has 0 aliphatic carbocycles. The van der Waals surface area contributed by atoms with Crippen molar-refractivity contribution in [1.29, 1.82) is 0 Å². The van der Waals surface area contributed by atoms with E-state index in [-0.39, 0.29) is 12.1 Å². The van der Waals surface area contributed by atoms with Crippen LogP contribution in [0, 0.1) is 0 Å². The lowest BCUT2D eigenvalue weighted by atomic mass is 9.91. The summed E-state index contributed by atoms with van der Waals surface area (Å²) in [5.74, 6) is 0. The number of likely N-dealkylation sites (tertiary alicyclic amines) is 1. The number of aliphatic hydroxyl groups is 1. The summed E-state index contributed by atoms with van der Waals surface area (Å²) in [4.78, 5) is 21.7. The van der Waals surface area contributed by atoms with Crippen LogP contribution in [-0.4, -0.2) is 55.1 Å². The maximum Gasteiger partial charge on any atom is 0.264 e. The second-order valence-corrected chi connectivity index (χ2v) is 9.69. The summed E-state index contributed by atoms with van der Waals surface area (Å²) in [5, 5.41) is 15.8. The maximum atomic E-state index is 12.8. The number of fused-ring (bicyclic) bond motifs is 1. The van der Waals surface area contributed by atoms with E-state index < -0.39 is 5.60 Å². The molecule has 3 heterocycles. The molecule has 0 bridgehead atoms. The Bertz CT molecular complexity index is 1340. The van der Waals surface area contributed by atoms with Crippen molar-refractivity contribution >= 4 is 16.7 Å². The van der Waals surface area contributed by atoms with Crippen molar-refractivity contribution in [3.63, 3.8) is 0 Å². The molecule has 1 aliphatic heterocycles. The average molecular weight is 473 g/mol. The van der Waals surface area contributed by atoms with Gasteiger partial charge in [-0.05, 0) is 36.1 Å². The summed E-state index contributed by atoms with van der Waals surface area (Å²) >= 11 is 0. The van der Waals surface area contributed by atoms with Crippen molar-refractivity contribution in [3.05, 3.63) is 88.6 Å². The Balaban J connectivity index is 1.16. The van der Waals surface area contributed by atoms with E-state index >= 15 is 0 Å². The smallest absolute Gasteiger partial charge is 0.264 e. The van der Waals surface area contributed by atoms with Gasteiger partial charge in [0, 0.05) is 46.0 Å². The zero-order chi connectivity index (χ0) is 24.4. The third kappa shape index (κ3) is 5.13. The topological polar surface area (TPSA) is 79.4 Å². The lowest BCUT2D eigenvalue weighted by molar-refractivity contribution is -0.0364. The second kappa shape index (κ2) is 9.64. The summed E-state index contributed by atoms with van der Waals surface area (Å²) < 4.78 is 3.10. The molecule has 0 saturated carbocycles. The molecule has 0 spiro atoms. The zero-order valence-electron chi connectivity index (χ0n) is 20.3. The standard InChI is InChI=1S/C27H32N6O2/c1-30(17-21-6-4-3-5-7-21)23-10-8-22(9-11-23)18-32-14-12-27(35,13-15-32)19-33-20-28-25-24(26(33)34)16-29-31(25)2/h3-11,16,20,35H,12-15,17-19H2,1-2H3. The molecule has 1 saturated heterocycles. The minimum absolute atomic E-state index is 0.156. The first-order valence-electron chi connectivity index (χ1n) is 12.1. The number of nitrogens with zero attached hydrogens (tertiary/aromatic N) is 6. The van der Waals surface area contributed by atoms with E-state index in [1.807, 2.05) is 6.07 Å². The quantitative estimate of drug-likeness (QED) is 0.446. The number of aryl methyl sites for hydroxylation is 1. The molecule has 0 atom stereocenters. The highest BCUT2D eigenvalue weighted by molar-refractivity contribution is 5.72. The number of benzene rings is 2. The first-order valence-corrected chi connectivity index (χ1v) is 12.1. The van der Waals surface area contributed by atoms with Gasteiger partial charge in [0.1, 0.15) is 11.7 Å². The summed E-state index contributed by atoms with van der Waals surface area (Å²) in [7, 11) is 3.87. The Kier molecular flexibility index (Phi) is 6.40. The van der Waals surface area contributed by atoms with E-state index in [0.717, 1.165) is 26.2 Å². The van der Waals surface area contributed by atoms with Crippen LogP contribution in [0.4, 0.5) is 5.69 Å². The van der Waals surface area contributed by atoms with Gasteiger partial charge in [-0.15, -0.1) is 0 Å². The highest BCUT2D eigenvalue weighted by atomic mass is 16.3. The lowest BCUT2D eigenvalue weighted by Crippen LogP contribution is -2.47. The predicted molar refractivity (Wildman–Crippen MR) is 137 cm³/mol. The summed E-state index contributed by atoms with van der Waals surface area (Å²) in [6, 6.07) is 19.2. The lowest BCUT2D eigenvalue weighted by Gasteiger charge is -2.38. The molecule has 8 heteroatoms. The monoisotopic (exact) mass is 472 g/mol. The van der Waals surface area contributed by atoms with E-state index in [1.54, 1.807) is 17.9 Å². The van der Waals surface area contributed by atoms with Crippen LogP contribution in [-0.2, 0) is 26.7 Å². The molecule has 8 nitrogen and oxygen atoms in total. The molecule has 0 unspecified atom stereocenters. The van der Waals surface area contributed by atoms with E-state index in [2.05, 4.69) is 75.5 Å². The number of aromatic nitrogens is 4. The first-order chi connectivity index (χ1) is 16.9. The summed E-state index contributed by atoms with van der Waals surface area (Å²) in [6.07, 6.45) is 4.29. The number of piperidine rings is 1. The van der Waals surface area contributed by atoms with Gasteiger partial charge in [-0.2, -0.15) is 5.10 Å². The van der Waals surface area contributed by atoms with Crippen LogP contribution in [0.2, 0.25) is 0 Å². The highest BCUT2D eigenvalue weighted by Crippen LogP contribution is 2.25. The van der Waals surface area contributed by atoms with E-state index in [4.69, 9.17) is 0 Å². The van der Waals surface area contributed by atoms with Crippen LogP contribution >= 0.6 is 0 Å². The van der Waals surface area contributed by atoms with E-state index in [0.29, 0.717) is 23.9 Å². The Morgan fingerprint density at radius 1 is 1.03 bits per heavy atom. The van der Waals surface area contributed by atoms with Gasteiger partial charge in [-0.1, -0.05) is 42.5 Å². The van der Waals surface area contributed by atoms with Crippen LogP contribution < -0.4 is 10.5 Å². The van der Waals surface area contributed by atoms with Gasteiger partial charge in [0.15, 0.2) is 5.65 Å². The minimum atomic E-state index is -0.915. The Morgan fingerprint density at radius 3 is 2.46 bits per heavy atom. The molecule has 1 fully saturated rings. The fourth-order valence-electron chi connectivity index (χ4n) is 4.84. The van der Waals surface area contributed by atoms with E-state index in [9.17, 15) is 9.90 Å². The molecular weight excluding hydrogens is 440 g/mol. The summed E-state index contributed by atoms with van der Waals surface area (Å²) in [5.41, 5.74) is 3.23. The van der Waals surface area contributed by atoms with Gasteiger partial charge >= 0.3 is 0 Å². The third-order valence-electron chi connectivity index (χ3n) is 7.02. The van der Waals surface area contributed by atoms with Crippen molar-refractivity contribution < 1.29 is 5.11 Å². The average Bonchev–Trinajstić information content (AvgIpc) is 3.25. The predicted octanol–water partition coefficient (Wildman–Crippen LogP) is 2.79. The van der Waals surface area contributed by atoms with Gasteiger partial charge in [0.05, 0.1) is 18.3 Å². The van der Waals surface area contributed by atoms with Crippen molar-refractivity contribution in [2.75, 3.05) is 25.0 Å². The Labute approximate surface area is 205 Å². The molecule has 4 aromatic rings. The van der Waals surface area contributed by atoms with Crippen LogP contribution in [0.5, 0.6) is 0 Å². The third-order valence-corrected chi connectivity index (χ3v) is 7.02. The van der Waals surface area contributed by atoms with Crippen molar-refractivity contribution in [3.8, 4) is 0 Å². The van der Waals surface area contributed by atoms with Gasteiger partial charge in [0.2, 0.25) is 0 Å². The van der Waals surface area contributed by atoms with Crippen molar-refractivity contribution in [1.82, 2.24) is 24.2 Å². The molecular formula is C27H32N6O2. The number of anilines is 1. The van der Waals surface area contributed by atoms with Crippen LogP contribution in [0.3, 0.4) is 0 Å². The molecule has 5 rings (SSSR count). The first kappa shape index (κ1) is 23.3. The van der Waals surface area contributed by atoms with Crippen LogP contribution in [0.15, 0.2) is 71.9 Å². The van der Waals surface area contributed by atoms with Gasteiger partial charge in [-0.3, -0.25) is 18.9 Å². The highest BCUT2D eigenvalue weighted by Gasteiger charge is 2.33. The molecule has 0 radical (unpaired) electrons. The molecule has 2 aromatic carbocycles. The van der Waals surface area contributed by atoms with Gasteiger partial charge < -0.3 is 10.0 Å². The zero-order valence-corrected chi connectivity index (χ0v) is 20.3. The molecule has 1 aliphatic rings. The Hall–Kier alpha value is -3.49. The largest absolute Gasteiger partial charge is 0.388 e. The van der Waals surface area contributed by atoms with Gasteiger partial charge in [-0.25, -0.2) is 4.98 Å². The van der Waals surface area contributed by atoms with Crippen LogP contribution in [0.1, 0.15) is 24.0 Å². The fourth-order valence-corrected chi connectivity index (χ4v) is 4.84. The maximum absolute atomic E-state index is 12.8. The normalized spacial score (nSPS) is 16.0. The minimum Gasteiger partial charge on any atom is -0.388 e. The number of hydrogen-bond donors (Lipinski definition) is 1. The van der Waals surface area contributed by atoms with Gasteiger partial charge in [0.25, 0.3) is 5.56 Å². The van der Waals surface area contributed by atoms with Crippen LogP contribution in [0.25, 0.3) is 11.0 Å². The molecule has 0 amide bonds. The number of hydrogen-bond acceptors (Lipinski definition) is 6. The molecule has 2 aromatic heterocycles. The molecule has 35 heavy (non-hydrogen) atoms. The number of rotatable bonds is 7. The summed E-state index contributed by atoms with van der Waals surface area (Å²) in [6.45, 7) is 3.53. The second-order valence-electron chi connectivity index (χ2n) is 9.69.